The molecule has 1 aromatic carbocycles. The molecule has 2 heterocycles. The first-order chi connectivity index (χ1) is 13.6. The van der Waals surface area contributed by atoms with Gasteiger partial charge in [0.2, 0.25) is 0 Å². The van der Waals surface area contributed by atoms with Gasteiger partial charge in [-0.2, -0.15) is 5.10 Å². The summed E-state index contributed by atoms with van der Waals surface area (Å²) in [6, 6.07) is 7.57. The van der Waals surface area contributed by atoms with E-state index in [1.807, 2.05) is 6.92 Å². The van der Waals surface area contributed by atoms with E-state index in [1.165, 1.54) is 16.8 Å². The highest BCUT2D eigenvalue weighted by atomic mass is 16.5. The highest BCUT2D eigenvalue weighted by Crippen LogP contribution is 2.32. The average Bonchev–Trinajstić information content (AvgIpc) is 2.93. The van der Waals surface area contributed by atoms with Crippen LogP contribution in [0.1, 0.15) is 30.3 Å². The molecule has 1 amide bonds. The molecule has 0 fully saturated rings. The molecule has 2 aromatic rings. The van der Waals surface area contributed by atoms with E-state index in [0.717, 1.165) is 6.42 Å². The molecule has 3 rings (SSSR count). The number of benzene rings is 1. The van der Waals surface area contributed by atoms with Gasteiger partial charge in [0, 0.05) is 30.8 Å². The highest BCUT2D eigenvalue weighted by molar-refractivity contribution is 5.95. The van der Waals surface area contributed by atoms with E-state index in [0.29, 0.717) is 43.4 Å². The summed E-state index contributed by atoms with van der Waals surface area (Å²) >= 11 is 0. The fourth-order valence-electron chi connectivity index (χ4n) is 2.57. The molecule has 0 saturated heterocycles. The maximum atomic E-state index is 12.1. The van der Waals surface area contributed by atoms with Gasteiger partial charge in [-0.15, -0.1) is 0 Å². The second kappa shape index (κ2) is 9.03. The summed E-state index contributed by atoms with van der Waals surface area (Å²) in [5.74, 6) is -0.117. The Morgan fingerprint density at radius 3 is 2.75 bits per heavy atom. The zero-order chi connectivity index (χ0) is 19.9. The van der Waals surface area contributed by atoms with Crippen molar-refractivity contribution in [1.29, 1.82) is 0 Å². The number of carbonyl (C=O) groups excluding carboxylic acids is 2. The van der Waals surface area contributed by atoms with Gasteiger partial charge in [-0.05, 0) is 24.6 Å². The van der Waals surface area contributed by atoms with Crippen LogP contribution >= 0.6 is 0 Å². The number of ether oxygens (including phenoxy) is 3. The second-order valence-corrected chi connectivity index (χ2v) is 6.12. The van der Waals surface area contributed by atoms with Crippen LogP contribution in [0.25, 0.3) is 0 Å². The average molecular weight is 387 g/mol. The molecule has 1 aromatic heterocycles. The minimum atomic E-state index is -0.779. The zero-order valence-electron chi connectivity index (χ0n) is 15.5. The number of rotatable bonds is 6. The lowest BCUT2D eigenvalue weighted by Gasteiger charge is -2.11. The molecule has 0 radical (unpaired) electrons. The molecule has 0 spiro atoms. The quantitative estimate of drug-likeness (QED) is 0.750. The standard InChI is InChI=1S/C19H21N3O6/c1-2-8-22-18(24)7-5-14(21-22)19(25)28-12-17(23)20-13-4-6-15-16(11-13)27-10-3-9-26-15/h4-7,11H,2-3,8-10,12H2,1H3,(H,20,23). The largest absolute Gasteiger partial charge is 0.490 e. The van der Waals surface area contributed by atoms with E-state index in [9.17, 15) is 14.4 Å². The number of nitrogens with zero attached hydrogens (tertiary/aromatic N) is 2. The maximum absolute atomic E-state index is 12.1. The van der Waals surface area contributed by atoms with Gasteiger partial charge in [0.1, 0.15) is 0 Å². The van der Waals surface area contributed by atoms with Gasteiger partial charge in [0.15, 0.2) is 23.8 Å². The van der Waals surface area contributed by atoms with Crippen molar-refractivity contribution < 1.29 is 23.8 Å². The van der Waals surface area contributed by atoms with E-state index < -0.39 is 18.5 Å². The van der Waals surface area contributed by atoms with Gasteiger partial charge < -0.3 is 19.5 Å². The Labute approximate surface area is 161 Å². The molecule has 0 unspecified atom stereocenters. The zero-order valence-corrected chi connectivity index (χ0v) is 15.5. The Kier molecular flexibility index (Phi) is 6.25. The third-order valence-corrected chi connectivity index (χ3v) is 3.88. The predicted octanol–water partition coefficient (Wildman–Crippen LogP) is 1.61. The van der Waals surface area contributed by atoms with Crippen LogP contribution in [0.5, 0.6) is 11.5 Å². The summed E-state index contributed by atoms with van der Waals surface area (Å²) in [7, 11) is 0. The molecule has 9 heteroatoms. The van der Waals surface area contributed by atoms with Crippen molar-refractivity contribution in [2.75, 3.05) is 25.1 Å². The van der Waals surface area contributed by atoms with E-state index in [4.69, 9.17) is 14.2 Å². The minimum absolute atomic E-state index is 0.0311. The molecule has 0 saturated carbocycles. The third-order valence-electron chi connectivity index (χ3n) is 3.88. The highest BCUT2D eigenvalue weighted by Gasteiger charge is 2.15. The SMILES string of the molecule is CCCn1nc(C(=O)OCC(=O)Nc2ccc3c(c2)OCCCO3)ccc1=O. The minimum Gasteiger partial charge on any atom is -0.490 e. The van der Waals surface area contributed by atoms with Gasteiger partial charge in [-0.3, -0.25) is 9.59 Å². The maximum Gasteiger partial charge on any atom is 0.359 e. The smallest absolute Gasteiger partial charge is 0.359 e. The van der Waals surface area contributed by atoms with Crippen molar-refractivity contribution in [3.05, 3.63) is 46.4 Å². The first-order valence-electron chi connectivity index (χ1n) is 9.01. The summed E-state index contributed by atoms with van der Waals surface area (Å²) in [6.45, 7) is 2.92. The Balaban J connectivity index is 1.57. The molecule has 1 N–H and O–H groups in total. The van der Waals surface area contributed by atoms with Gasteiger partial charge in [0.05, 0.1) is 13.2 Å². The molecular weight excluding hydrogens is 366 g/mol. The lowest BCUT2D eigenvalue weighted by Crippen LogP contribution is -2.26. The summed E-state index contributed by atoms with van der Waals surface area (Å²) in [4.78, 5) is 35.8. The van der Waals surface area contributed by atoms with Gasteiger partial charge >= 0.3 is 5.97 Å². The Morgan fingerprint density at radius 1 is 1.18 bits per heavy atom. The van der Waals surface area contributed by atoms with Crippen LogP contribution in [-0.2, 0) is 16.1 Å². The number of aromatic nitrogens is 2. The van der Waals surface area contributed by atoms with Crippen LogP contribution < -0.4 is 20.3 Å². The lowest BCUT2D eigenvalue weighted by atomic mass is 10.2. The molecule has 1 aliphatic heterocycles. The van der Waals surface area contributed by atoms with Gasteiger partial charge in [-0.25, -0.2) is 9.48 Å². The summed E-state index contributed by atoms with van der Waals surface area (Å²) in [5.41, 5.74) is 0.168. The van der Waals surface area contributed by atoms with E-state index in [-0.39, 0.29) is 11.3 Å². The van der Waals surface area contributed by atoms with Crippen LogP contribution in [-0.4, -0.2) is 41.5 Å². The number of esters is 1. The number of anilines is 1. The molecule has 0 atom stereocenters. The van der Waals surface area contributed by atoms with Crippen LogP contribution in [0.3, 0.4) is 0 Å². The number of fused-ring (bicyclic) bond motifs is 1. The van der Waals surface area contributed by atoms with Crippen LogP contribution in [0, 0.1) is 0 Å². The summed E-state index contributed by atoms with van der Waals surface area (Å²) in [5, 5.41) is 6.58. The van der Waals surface area contributed by atoms with Gasteiger partial charge in [0.25, 0.3) is 11.5 Å². The second-order valence-electron chi connectivity index (χ2n) is 6.12. The normalized spacial score (nSPS) is 12.8. The molecular formula is C19H21N3O6. The topological polar surface area (TPSA) is 109 Å². The van der Waals surface area contributed by atoms with E-state index in [2.05, 4.69) is 10.4 Å². The molecule has 148 valence electrons. The molecule has 0 bridgehead atoms. The fourth-order valence-corrected chi connectivity index (χ4v) is 2.57. The van der Waals surface area contributed by atoms with E-state index >= 15 is 0 Å². The number of nitrogens with one attached hydrogen (secondary N) is 1. The van der Waals surface area contributed by atoms with Crippen LogP contribution in [0.15, 0.2) is 35.1 Å². The Morgan fingerprint density at radius 2 is 1.96 bits per heavy atom. The number of carbonyl (C=O) groups is 2. The van der Waals surface area contributed by atoms with E-state index in [1.54, 1.807) is 18.2 Å². The summed E-state index contributed by atoms with van der Waals surface area (Å²) in [6.07, 6.45) is 1.48. The molecule has 0 aliphatic carbocycles. The fraction of sp³-hybridized carbons (Fsp3) is 0.368. The van der Waals surface area contributed by atoms with Crippen molar-refractivity contribution in [3.63, 3.8) is 0 Å². The van der Waals surface area contributed by atoms with Crippen molar-refractivity contribution in [1.82, 2.24) is 9.78 Å². The number of aryl methyl sites for hydroxylation is 1. The van der Waals surface area contributed by atoms with Crippen molar-refractivity contribution >= 4 is 17.6 Å². The molecule has 9 nitrogen and oxygen atoms in total. The number of hydrogen-bond donors (Lipinski definition) is 1. The van der Waals surface area contributed by atoms with Crippen LogP contribution in [0.4, 0.5) is 5.69 Å². The van der Waals surface area contributed by atoms with Crippen molar-refractivity contribution in [2.24, 2.45) is 0 Å². The molecule has 28 heavy (non-hydrogen) atoms. The third kappa shape index (κ3) is 4.87. The first kappa shape index (κ1) is 19.4. The number of amides is 1. The summed E-state index contributed by atoms with van der Waals surface area (Å²) < 4.78 is 17.3. The predicted molar refractivity (Wildman–Crippen MR) is 99.7 cm³/mol. The lowest BCUT2D eigenvalue weighted by molar-refractivity contribution is -0.119. The molecule has 1 aliphatic rings. The van der Waals surface area contributed by atoms with Crippen molar-refractivity contribution in [2.45, 2.75) is 26.3 Å². The number of hydrogen-bond acceptors (Lipinski definition) is 7. The monoisotopic (exact) mass is 387 g/mol. The first-order valence-corrected chi connectivity index (χ1v) is 9.01. The van der Waals surface area contributed by atoms with Crippen LogP contribution in [0.2, 0.25) is 0 Å². The Hall–Kier alpha value is -3.36. The van der Waals surface area contributed by atoms with Crippen molar-refractivity contribution in [3.8, 4) is 11.5 Å². The van der Waals surface area contributed by atoms with Gasteiger partial charge in [-0.1, -0.05) is 6.92 Å². The Bertz CT molecular complexity index is 924.